The number of hydrogen-bond acceptors (Lipinski definition) is 1. The van der Waals surface area contributed by atoms with Gasteiger partial charge in [-0.1, -0.05) is 24.3 Å². The lowest BCUT2D eigenvalue weighted by Gasteiger charge is -2.12. The van der Waals surface area contributed by atoms with Crippen LogP contribution in [0.25, 0.3) is 0 Å². The largest absolute Gasteiger partial charge is 0.416 e. The minimum atomic E-state index is -4.28. The Hall–Kier alpha value is -1.97. The number of rotatable bonds is 3. The zero-order chi connectivity index (χ0) is 14.8. The number of benzene rings is 2. The first-order valence-corrected chi connectivity index (χ1v) is 6.34. The summed E-state index contributed by atoms with van der Waals surface area (Å²) in [6.07, 6.45) is -4.28. The second-order valence-corrected chi connectivity index (χ2v) is 4.80. The normalized spacial score (nSPS) is 11.4. The molecule has 2 aromatic rings. The number of halogens is 3. The summed E-state index contributed by atoms with van der Waals surface area (Å²) in [7, 11) is 0. The van der Waals surface area contributed by atoms with Crippen LogP contribution >= 0.6 is 0 Å². The second-order valence-electron chi connectivity index (χ2n) is 4.80. The van der Waals surface area contributed by atoms with Crippen LogP contribution in [0.1, 0.15) is 22.3 Å². The topological polar surface area (TPSA) is 12.0 Å². The molecule has 2 rings (SSSR count). The van der Waals surface area contributed by atoms with Gasteiger partial charge in [0.15, 0.2) is 0 Å². The lowest BCUT2D eigenvalue weighted by molar-refractivity contribution is -0.137. The van der Waals surface area contributed by atoms with Crippen LogP contribution in [0.2, 0.25) is 0 Å². The molecule has 0 radical (unpaired) electrons. The van der Waals surface area contributed by atoms with Crippen molar-refractivity contribution < 1.29 is 13.2 Å². The summed E-state index contributed by atoms with van der Waals surface area (Å²) < 4.78 is 37.4. The fourth-order valence-corrected chi connectivity index (χ4v) is 1.95. The predicted molar refractivity (Wildman–Crippen MR) is 74.7 cm³/mol. The Balaban J connectivity index is 2.06. The first kappa shape index (κ1) is 14.4. The van der Waals surface area contributed by atoms with Crippen molar-refractivity contribution in [1.82, 2.24) is 0 Å². The van der Waals surface area contributed by atoms with Gasteiger partial charge in [-0.2, -0.15) is 13.2 Å². The molecule has 106 valence electrons. The van der Waals surface area contributed by atoms with Gasteiger partial charge < -0.3 is 5.32 Å². The highest BCUT2D eigenvalue weighted by Crippen LogP contribution is 2.29. The van der Waals surface area contributed by atoms with E-state index in [1.54, 1.807) is 0 Å². The molecule has 0 aliphatic carbocycles. The van der Waals surface area contributed by atoms with Crippen molar-refractivity contribution in [3.8, 4) is 0 Å². The van der Waals surface area contributed by atoms with E-state index in [9.17, 15) is 13.2 Å². The van der Waals surface area contributed by atoms with Crippen LogP contribution < -0.4 is 5.32 Å². The molecule has 0 fully saturated rings. The van der Waals surface area contributed by atoms with Crippen molar-refractivity contribution in [3.05, 3.63) is 64.7 Å². The minimum absolute atomic E-state index is 0.502. The van der Waals surface area contributed by atoms with Gasteiger partial charge in [-0.25, -0.2) is 0 Å². The smallest absolute Gasteiger partial charge is 0.381 e. The quantitative estimate of drug-likeness (QED) is 0.839. The maximum Gasteiger partial charge on any atom is 0.416 e. The van der Waals surface area contributed by atoms with Crippen molar-refractivity contribution in [2.24, 2.45) is 0 Å². The lowest BCUT2D eigenvalue weighted by Crippen LogP contribution is -2.06. The third-order valence-electron chi connectivity index (χ3n) is 3.37. The van der Waals surface area contributed by atoms with Crippen molar-refractivity contribution in [3.63, 3.8) is 0 Å². The van der Waals surface area contributed by atoms with Crippen molar-refractivity contribution in [2.45, 2.75) is 26.6 Å². The molecule has 0 spiro atoms. The second kappa shape index (κ2) is 5.57. The Morgan fingerprint density at radius 2 is 1.60 bits per heavy atom. The van der Waals surface area contributed by atoms with Crippen molar-refractivity contribution in [2.75, 3.05) is 5.32 Å². The fraction of sp³-hybridized carbons (Fsp3) is 0.250. The first-order chi connectivity index (χ1) is 9.38. The summed E-state index contributed by atoms with van der Waals surface area (Å²) in [5.74, 6) is 0. The van der Waals surface area contributed by atoms with Crippen LogP contribution in [-0.4, -0.2) is 0 Å². The Morgan fingerprint density at radius 3 is 2.20 bits per heavy atom. The van der Waals surface area contributed by atoms with Crippen molar-refractivity contribution in [1.29, 1.82) is 0 Å². The molecule has 0 amide bonds. The van der Waals surface area contributed by atoms with Gasteiger partial charge >= 0.3 is 6.18 Å². The predicted octanol–water partition coefficient (Wildman–Crippen LogP) is 4.93. The number of aryl methyl sites for hydroxylation is 1. The SMILES string of the molecule is Cc1cccc(NCc2ccc(C(F)(F)F)cc2)c1C. The lowest BCUT2D eigenvalue weighted by atomic mass is 10.1. The van der Waals surface area contributed by atoms with E-state index in [1.165, 1.54) is 17.7 Å². The molecule has 0 saturated heterocycles. The van der Waals surface area contributed by atoms with Crippen molar-refractivity contribution >= 4 is 5.69 Å². The number of nitrogens with one attached hydrogen (secondary N) is 1. The van der Waals surface area contributed by atoms with E-state index in [2.05, 4.69) is 5.32 Å². The standard InChI is InChI=1S/C16H16F3N/c1-11-4-3-5-15(12(11)2)20-10-13-6-8-14(9-7-13)16(17,18)19/h3-9,20H,10H2,1-2H3. The van der Waals surface area contributed by atoms with Gasteiger partial charge in [0.2, 0.25) is 0 Å². The molecule has 0 atom stereocenters. The van der Waals surface area contributed by atoms with E-state index < -0.39 is 11.7 Å². The third-order valence-corrected chi connectivity index (χ3v) is 3.37. The van der Waals surface area contributed by atoms with E-state index in [0.29, 0.717) is 6.54 Å². The monoisotopic (exact) mass is 279 g/mol. The Kier molecular flexibility index (Phi) is 4.02. The molecule has 2 aromatic carbocycles. The molecular weight excluding hydrogens is 263 g/mol. The summed E-state index contributed by atoms with van der Waals surface area (Å²) in [4.78, 5) is 0. The summed E-state index contributed by atoms with van der Waals surface area (Å²) in [5, 5.41) is 3.25. The molecular formula is C16H16F3N. The van der Waals surface area contributed by atoms with Crippen LogP contribution in [0.15, 0.2) is 42.5 Å². The molecule has 0 heterocycles. The zero-order valence-corrected chi connectivity index (χ0v) is 11.4. The van der Waals surface area contributed by atoms with Gasteiger partial charge in [0.25, 0.3) is 0 Å². The average molecular weight is 279 g/mol. The molecule has 0 saturated carbocycles. The van der Waals surface area contributed by atoms with Crippen LogP contribution in [0.5, 0.6) is 0 Å². The Morgan fingerprint density at radius 1 is 0.950 bits per heavy atom. The molecule has 4 heteroatoms. The first-order valence-electron chi connectivity index (χ1n) is 6.34. The third kappa shape index (κ3) is 3.32. The zero-order valence-electron chi connectivity index (χ0n) is 11.4. The van der Waals surface area contributed by atoms with Gasteiger partial charge in [0.05, 0.1) is 5.56 Å². The molecule has 0 bridgehead atoms. The Labute approximate surface area is 116 Å². The molecule has 1 N–H and O–H groups in total. The summed E-state index contributed by atoms with van der Waals surface area (Å²) in [6.45, 7) is 4.55. The molecule has 0 aromatic heterocycles. The van der Waals surface area contributed by atoms with E-state index in [4.69, 9.17) is 0 Å². The van der Waals surface area contributed by atoms with E-state index in [1.807, 2.05) is 32.0 Å². The highest BCUT2D eigenvalue weighted by molar-refractivity contribution is 5.53. The highest BCUT2D eigenvalue weighted by atomic mass is 19.4. The number of alkyl halides is 3. The van der Waals surface area contributed by atoms with Gasteiger partial charge in [0, 0.05) is 12.2 Å². The summed E-state index contributed by atoms with van der Waals surface area (Å²) in [6, 6.07) is 11.2. The van der Waals surface area contributed by atoms with Crippen LogP contribution in [0.4, 0.5) is 18.9 Å². The summed E-state index contributed by atoms with van der Waals surface area (Å²) in [5.41, 5.74) is 3.54. The number of anilines is 1. The summed E-state index contributed by atoms with van der Waals surface area (Å²) >= 11 is 0. The van der Waals surface area contributed by atoms with E-state index >= 15 is 0 Å². The van der Waals surface area contributed by atoms with Crippen LogP contribution in [0, 0.1) is 13.8 Å². The van der Waals surface area contributed by atoms with Gasteiger partial charge in [-0.15, -0.1) is 0 Å². The number of hydrogen-bond donors (Lipinski definition) is 1. The molecule has 0 aliphatic rings. The molecule has 1 nitrogen and oxygen atoms in total. The van der Waals surface area contributed by atoms with Gasteiger partial charge in [-0.05, 0) is 48.7 Å². The Bertz CT molecular complexity index is 586. The fourth-order valence-electron chi connectivity index (χ4n) is 1.95. The molecule has 0 unspecified atom stereocenters. The average Bonchev–Trinajstić information content (AvgIpc) is 2.40. The maximum atomic E-state index is 12.5. The maximum absolute atomic E-state index is 12.5. The minimum Gasteiger partial charge on any atom is -0.381 e. The van der Waals surface area contributed by atoms with Crippen LogP contribution in [-0.2, 0) is 12.7 Å². The molecule has 0 aliphatic heterocycles. The molecule has 20 heavy (non-hydrogen) atoms. The van der Waals surface area contributed by atoms with E-state index in [-0.39, 0.29) is 0 Å². The van der Waals surface area contributed by atoms with E-state index in [0.717, 1.165) is 28.9 Å². The highest BCUT2D eigenvalue weighted by Gasteiger charge is 2.29. The van der Waals surface area contributed by atoms with Gasteiger partial charge in [0.1, 0.15) is 0 Å². The van der Waals surface area contributed by atoms with Gasteiger partial charge in [-0.3, -0.25) is 0 Å². The van der Waals surface area contributed by atoms with Crippen LogP contribution in [0.3, 0.4) is 0 Å².